The van der Waals surface area contributed by atoms with Gasteiger partial charge in [0.15, 0.2) is 6.61 Å². The number of ether oxygens (including phenoxy) is 2. The standard InChI is InChI=1S/C18H16BrClN2O4/c19-12-1-6-15-16(9-12)26-11-18(24)22(15)10-17(23)21-7-8-25-14-4-2-13(20)3-5-14/h1-6,9H,7-8,10-11H2,(H,21,23). The van der Waals surface area contributed by atoms with E-state index in [-0.39, 0.29) is 25.0 Å². The fraction of sp³-hybridized carbons (Fsp3) is 0.222. The Labute approximate surface area is 164 Å². The van der Waals surface area contributed by atoms with Crippen molar-refractivity contribution in [1.29, 1.82) is 0 Å². The van der Waals surface area contributed by atoms with Gasteiger partial charge in [-0.15, -0.1) is 0 Å². The van der Waals surface area contributed by atoms with Gasteiger partial charge in [-0.1, -0.05) is 27.5 Å². The molecule has 0 atom stereocenters. The van der Waals surface area contributed by atoms with E-state index in [1.807, 2.05) is 0 Å². The maximum Gasteiger partial charge on any atom is 0.265 e. The molecule has 2 amide bonds. The number of hydrogen-bond acceptors (Lipinski definition) is 4. The Bertz CT molecular complexity index is 813. The summed E-state index contributed by atoms with van der Waals surface area (Å²) >= 11 is 9.16. The van der Waals surface area contributed by atoms with Crippen LogP contribution >= 0.6 is 27.5 Å². The highest BCUT2D eigenvalue weighted by Crippen LogP contribution is 2.34. The van der Waals surface area contributed by atoms with Crippen molar-refractivity contribution in [1.82, 2.24) is 5.32 Å². The van der Waals surface area contributed by atoms with Gasteiger partial charge < -0.3 is 14.8 Å². The van der Waals surface area contributed by atoms with Crippen LogP contribution in [0.4, 0.5) is 5.69 Å². The Morgan fingerprint density at radius 1 is 1.27 bits per heavy atom. The van der Waals surface area contributed by atoms with Crippen molar-refractivity contribution in [3.8, 4) is 11.5 Å². The lowest BCUT2D eigenvalue weighted by Crippen LogP contribution is -2.45. The summed E-state index contributed by atoms with van der Waals surface area (Å²) in [5, 5.41) is 3.37. The molecule has 6 nitrogen and oxygen atoms in total. The minimum atomic E-state index is -0.270. The van der Waals surface area contributed by atoms with Gasteiger partial charge in [-0.25, -0.2) is 0 Å². The van der Waals surface area contributed by atoms with Crippen LogP contribution < -0.4 is 19.7 Å². The van der Waals surface area contributed by atoms with Crippen molar-refractivity contribution in [3.63, 3.8) is 0 Å². The van der Waals surface area contributed by atoms with E-state index in [9.17, 15) is 9.59 Å². The number of amides is 2. The molecular weight excluding hydrogens is 424 g/mol. The first-order valence-corrected chi connectivity index (χ1v) is 9.08. The van der Waals surface area contributed by atoms with Crippen LogP contribution in [0.2, 0.25) is 5.02 Å². The molecule has 8 heteroatoms. The predicted molar refractivity (Wildman–Crippen MR) is 102 cm³/mol. The molecular formula is C18H16BrClN2O4. The average molecular weight is 440 g/mol. The second-order valence-electron chi connectivity index (χ2n) is 5.53. The number of carbonyl (C=O) groups excluding carboxylic acids is 2. The Morgan fingerprint density at radius 3 is 2.81 bits per heavy atom. The van der Waals surface area contributed by atoms with E-state index in [0.29, 0.717) is 35.4 Å². The Hall–Kier alpha value is -2.25. The highest BCUT2D eigenvalue weighted by Gasteiger charge is 2.27. The smallest absolute Gasteiger partial charge is 0.265 e. The maximum absolute atomic E-state index is 12.2. The van der Waals surface area contributed by atoms with E-state index in [2.05, 4.69) is 21.2 Å². The summed E-state index contributed by atoms with van der Waals surface area (Å²) < 4.78 is 11.8. The summed E-state index contributed by atoms with van der Waals surface area (Å²) in [6.07, 6.45) is 0. The van der Waals surface area contributed by atoms with Crippen molar-refractivity contribution in [2.45, 2.75) is 0 Å². The van der Waals surface area contributed by atoms with Crippen molar-refractivity contribution < 1.29 is 19.1 Å². The zero-order chi connectivity index (χ0) is 18.5. The van der Waals surface area contributed by atoms with Crippen LogP contribution in [0.25, 0.3) is 0 Å². The SMILES string of the molecule is O=C(CN1C(=O)COc2cc(Br)ccc21)NCCOc1ccc(Cl)cc1. The number of carbonyl (C=O) groups is 2. The van der Waals surface area contributed by atoms with Crippen LogP contribution in [0.1, 0.15) is 0 Å². The molecule has 0 aliphatic carbocycles. The summed E-state index contributed by atoms with van der Waals surface area (Å²) in [5.41, 5.74) is 0.581. The molecule has 1 N–H and O–H groups in total. The lowest BCUT2D eigenvalue weighted by Gasteiger charge is -2.29. The molecule has 2 aromatic carbocycles. The van der Waals surface area contributed by atoms with Crippen molar-refractivity contribution in [3.05, 3.63) is 52.0 Å². The normalized spacial score (nSPS) is 13.0. The summed E-state index contributed by atoms with van der Waals surface area (Å²) in [7, 11) is 0. The molecule has 0 fully saturated rings. The highest BCUT2D eigenvalue weighted by molar-refractivity contribution is 9.10. The van der Waals surface area contributed by atoms with Crippen molar-refractivity contribution >= 4 is 45.0 Å². The first kappa shape index (κ1) is 18.5. The molecule has 0 radical (unpaired) electrons. The number of nitrogens with zero attached hydrogens (tertiary/aromatic N) is 1. The van der Waals surface area contributed by atoms with Crippen molar-refractivity contribution in [2.75, 3.05) is 31.2 Å². The number of rotatable bonds is 6. The first-order chi connectivity index (χ1) is 12.5. The van der Waals surface area contributed by atoms with E-state index in [1.165, 1.54) is 4.90 Å². The lowest BCUT2D eigenvalue weighted by molar-refractivity contribution is -0.125. The van der Waals surface area contributed by atoms with Crippen molar-refractivity contribution in [2.24, 2.45) is 0 Å². The number of nitrogens with one attached hydrogen (secondary N) is 1. The van der Waals surface area contributed by atoms with Gasteiger partial charge in [0.1, 0.15) is 24.7 Å². The van der Waals surface area contributed by atoms with Crippen LogP contribution in [-0.2, 0) is 9.59 Å². The summed E-state index contributed by atoms with van der Waals surface area (Å²) in [4.78, 5) is 25.7. The van der Waals surface area contributed by atoms with E-state index in [1.54, 1.807) is 42.5 Å². The molecule has 0 aromatic heterocycles. The number of fused-ring (bicyclic) bond motifs is 1. The lowest BCUT2D eigenvalue weighted by atomic mass is 10.2. The third kappa shape index (κ3) is 4.68. The number of hydrogen-bond donors (Lipinski definition) is 1. The van der Waals surface area contributed by atoms with Gasteiger partial charge in [0.25, 0.3) is 5.91 Å². The molecule has 26 heavy (non-hydrogen) atoms. The topological polar surface area (TPSA) is 67.9 Å². The Morgan fingerprint density at radius 2 is 2.04 bits per heavy atom. The molecule has 3 rings (SSSR count). The summed E-state index contributed by atoms with van der Waals surface area (Å²) in [5.74, 6) is 0.713. The molecule has 0 unspecified atom stereocenters. The van der Waals surface area contributed by atoms with Gasteiger partial charge >= 0.3 is 0 Å². The molecule has 0 spiro atoms. The second kappa shape index (κ2) is 8.42. The summed E-state index contributed by atoms with van der Waals surface area (Å²) in [6, 6.07) is 12.3. The highest BCUT2D eigenvalue weighted by atomic mass is 79.9. The number of anilines is 1. The fourth-order valence-corrected chi connectivity index (χ4v) is 2.91. The maximum atomic E-state index is 12.2. The average Bonchev–Trinajstić information content (AvgIpc) is 2.62. The molecule has 1 aliphatic heterocycles. The Kier molecular flexibility index (Phi) is 6.00. The van der Waals surface area contributed by atoms with Gasteiger partial charge in [0.05, 0.1) is 12.2 Å². The van der Waals surface area contributed by atoms with E-state index in [0.717, 1.165) is 4.47 Å². The van der Waals surface area contributed by atoms with E-state index >= 15 is 0 Å². The van der Waals surface area contributed by atoms with E-state index in [4.69, 9.17) is 21.1 Å². The molecule has 0 bridgehead atoms. The van der Waals surface area contributed by atoms with Crippen LogP contribution in [0, 0.1) is 0 Å². The molecule has 0 saturated carbocycles. The van der Waals surface area contributed by atoms with Gasteiger partial charge in [0, 0.05) is 9.50 Å². The zero-order valence-electron chi connectivity index (χ0n) is 13.7. The van der Waals surface area contributed by atoms with Gasteiger partial charge in [-0.2, -0.15) is 0 Å². The quantitative estimate of drug-likeness (QED) is 0.703. The molecule has 136 valence electrons. The zero-order valence-corrected chi connectivity index (χ0v) is 16.0. The molecule has 2 aromatic rings. The van der Waals surface area contributed by atoms with Crippen LogP contribution in [0.5, 0.6) is 11.5 Å². The third-order valence-corrected chi connectivity index (χ3v) is 4.42. The van der Waals surface area contributed by atoms with Crippen LogP contribution in [0.15, 0.2) is 46.9 Å². The molecule has 1 heterocycles. The largest absolute Gasteiger partial charge is 0.492 e. The molecule has 0 saturated heterocycles. The Balaban J connectivity index is 1.50. The van der Waals surface area contributed by atoms with Gasteiger partial charge in [0.2, 0.25) is 5.91 Å². The van der Waals surface area contributed by atoms with Gasteiger partial charge in [-0.05, 0) is 42.5 Å². The van der Waals surface area contributed by atoms with Crippen LogP contribution in [-0.4, -0.2) is 38.1 Å². The predicted octanol–water partition coefficient (Wildman–Crippen LogP) is 3.02. The number of halogens is 2. The summed E-state index contributed by atoms with van der Waals surface area (Å²) in [6.45, 7) is 0.481. The molecule has 1 aliphatic rings. The second-order valence-corrected chi connectivity index (χ2v) is 6.89. The minimum absolute atomic E-state index is 0.0717. The number of benzene rings is 2. The van der Waals surface area contributed by atoms with Crippen LogP contribution in [0.3, 0.4) is 0 Å². The first-order valence-electron chi connectivity index (χ1n) is 7.91. The third-order valence-electron chi connectivity index (χ3n) is 3.67. The minimum Gasteiger partial charge on any atom is -0.492 e. The monoisotopic (exact) mass is 438 g/mol. The fourth-order valence-electron chi connectivity index (χ4n) is 2.44. The van der Waals surface area contributed by atoms with Gasteiger partial charge in [-0.3, -0.25) is 14.5 Å². The van der Waals surface area contributed by atoms with E-state index < -0.39 is 0 Å².